The Bertz CT molecular complexity index is 577. The van der Waals surface area contributed by atoms with Crippen molar-refractivity contribution in [3.63, 3.8) is 0 Å². The lowest BCUT2D eigenvalue weighted by molar-refractivity contribution is -0.143. The molecule has 0 saturated heterocycles. The van der Waals surface area contributed by atoms with Crippen LogP contribution in [0.25, 0.3) is 0 Å². The maximum absolute atomic E-state index is 12.2. The molecule has 0 heterocycles. The third kappa shape index (κ3) is 8.94. The lowest BCUT2D eigenvalue weighted by atomic mass is 10.1. The number of carbonyl (C=O) groups excluding carboxylic acids is 4. The van der Waals surface area contributed by atoms with Crippen LogP contribution in [0.15, 0.2) is 0 Å². The smallest absolute Gasteiger partial charge is 0.326 e. The fourth-order valence-electron chi connectivity index (χ4n) is 1.70. The van der Waals surface area contributed by atoms with Gasteiger partial charge in [0.25, 0.3) is 0 Å². The van der Waals surface area contributed by atoms with E-state index < -0.39 is 66.8 Å². The number of aliphatic hydroxyl groups excluding tert-OH is 1. The van der Waals surface area contributed by atoms with E-state index in [1.807, 2.05) is 0 Å². The minimum absolute atomic E-state index is 0.143. The molecule has 0 bridgehead atoms. The largest absolute Gasteiger partial charge is 0.480 e. The number of carboxylic acids is 1. The van der Waals surface area contributed by atoms with E-state index in [2.05, 4.69) is 41.2 Å². The van der Waals surface area contributed by atoms with Crippen LogP contribution in [0.1, 0.15) is 6.42 Å². The molecule has 9 N–H and O–H groups in total. The van der Waals surface area contributed by atoms with Gasteiger partial charge in [-0.3, -0.25) is 19.2 Å². The predicted octanol–water partition coefficient (Wildman–Crippen LogP) is -4.42. The van der Waals surface area contributed by atoms with Gasteiger partial charge < -0.3 is 37.6 Å². The van der Waals surface area contributed by atoms with Crippen LogP contribution >= 0.6 is 25.3 Å². The Labute approximate surface area is 165 Å². The molecule has 12 nitrogen and oxygen atoms in total. The highest BCUT2D eigenvalue weighted by Crippen LogP contribution is 1.98. The molecule has 0 aliphatic rings. The average Bonchev–Trinajstić information content (AvgIpc) is 2.61. The molecule has 4 amide bonds. The van der Waals surface area contributed by atoms with Gasteiger partial charge in [-0.25, -0.2) is 4.79 Å². The van der Waals surface area contributed by atoms with Gasteiger partial charge >= 0.3 is 5.97 Å². The summed E-state index contributed by atoms with van der Waals surface area (Å²) in [6, 6.07) is -5.25. The fraction of sp³-hybridized carbons (Fsp3) is 0.615. The Morgan fingerprint density at radius 3 is 1.59 bits per heavy atom. The quantitative estimate of drug-likeness (QED) is 0.139. The minimum Gasteiger partial charge on any atom is -0.480 e. The van der Waals surface area contributed by atoms with Crippen LogP contribution in [0.2, 0.25) is 0 Å². The topological polar surface area (TPSA) is 214 Å². The van der Waals surface area contributed by atoms with Crippen LogP contribution in [0.4, 0.5) is 0 Å². The monoisotopic (exact) mass is 425 g/mol. The zero-order chi connectivity index (χ0) is 21.1. The molecule has 4 atom stereocenters. The van der Waals surface area contributed by atoms with Gasteiger partial charge in [0.15, 0.2) is 0 Å². The Morgan fingerprint density at radius 1 is 0.852 bits per heavy atom. The van der Waals surface area contributed by atoms with E-state index in [0.717, 1.165) is 0 Å². The van der Waals surface area contributed by atoms with Crippen molar-refractivity contribution < 1.29 is 34.2 Å². The van der Waals surface area contributed by atoms with Gasteiger partial charge in [-0.2, -0.15) is 25.3 Å². The van der Waals surface area contributed by atoms with Gasteiger partial charge in [0.2, 0.25) is 23.6 Å². The first-order valence-corrected chi connectivity index (χ1v) is 8.84. The molecule has 0 aromatic heterocycles. The Balaban J connectivity index is 4.98. The van der Waals surface area contributed by atoms with Crippen molar-refractivity contribution in [3.8, 4) is 0 Å². The zero-order valence-electron chi connectivity index (χ0n) is 14.1. The molecule has 0 aromatic rings. The number of primary amides is 1. The molecule has 14 heteroatoms. The van der Waals surface area contributed by atoms with Gasteiger partial charge in [-0.05, 0) is 0 Å². The van der Waals surface area contributed by atoms with Crippen molar-refractivity contribution in [2.75, 3.05) is 18.1 Å². The molecule has 0 aliphatic carbocycles. The molecule has 0 rings (SSSR count). The Kier molecular flexibility index (Phi) is 11.4. The molecule has 0 fully saturated rings. The minimum atomic E-state index is -1.57. The second kappa shape index (κ2) is 12.4. The van der Waals surface area contributed by atoms with E-state index in [1.54, 1.807) is 0 Å². The zero-order valence-corrected chi connectivity index (χ0v) is 15.9. The van der Waals surface area contributed by atoms with Gasteiger partial charge in [0.05, 0.1) is 13.0 Å². The number of amides is 4. The summed E-state index contributed by atoms with van der Waals surface area (Å²) >= 11 is 7.84. The summed E-state index contributed by atoms with van der Waals surface area (Å²) in [6.07, 6.45) is -0.636. The standard InChI is InChI=1S/C13H23N5O7S2/c14-5(2-19)10(21)17-7(3-26)12(23)18-8(4-27)11(22)16-6(13(24)25)1-9(15)20/h5-8,19,26-27H,1-4,14H2,(H2,15,20)(H,16,22)(H,17,21)(H,18,23)(H,24,25). The van der Waals surface area contributed by atoms with Gasteiger partial charge in [0.1, 0.15) is 24.2 Å². The highest BCUT2D eigenvalue weighted by atomic mass is 32.1. The number of nitrogens with two attached hydrogens (primary N) is 2. The number of aliphatic hydroxyl groups is 1. The van der Waals surface area contributed by atoms with Gasteiger partial charge in [-0.15, -0.1) is 0 Å². The van der Waals surface area contributed by atoms with E-state index in [4.69, 9.17) is 21.7 Å². The van der Waals surface area contributed by atoms with Crippen LogP contribution in [0.3, 0.4) is 0 Å². The van der Waals surface area contributed by atoms with E-state index in [1.165, 1.54) is 0 Å². The van der Waals surface area contributed by atoms with E-state index in [-0.39, 0.29) is 11.5 Å². The maximum Gasteiger partial charge on any atom is 0.326 e. The van der Waals surface area contributed by atoms with Crippen molar-refractivity contribution in [1.82, 2.24) is 16.0 Å². The Hall–Kier alpha value is -2.03. The van der Waals surface area contributed by atoms with Crippen LogP contribution in [0, 0.1) is 0 Å². The molecule has 0 spiro atoms. The molecule has 0 aromatic carbocycles. The van der Waals surface area contributed by atoms with E-state index in [0.29, 0.717) is 0 Å². The maximum atomic E-state index is 12.2. The van der Waals surface area contributed by atoms with Crippen molar-refractivity contribution in [3.05, 3.63) is 0 Å². The third-order valence-electron chi connectivity index (χ3n) is 3.18. The van der Waals surface area contributed by atoms with E-state index >= 15 is 0 Å². The third-order valence-corrected chi connectivity index (χ3v) is 3.91. The summed E-state index contributed by atoms with van der Waals surface area (Å²) < 4.78 is 0. The molecule has 0 saturated carbocycles. The second-order valence-corrected chi connectivity index (χ2v) is 6.08. The first kappa shape index (κ1) is 25.0. The van der Waals surface area contributed by atoms with Crippen molar-refractivity contribution in [2.45, 2.75) is 30.6 Å². The summed E-state index contributed by atoms with van der Waals surface area (Å²) in [5, 5.41) is 24.4. The number of hydrogen-bond acceptors (Lipinski definition) is 9. The van der Waals surface area contributed by atoms with E-state index in [9.17, 15) is 24.0 Å². The van der Waals surface area contributed by atoms with Crippen molar-refractivity contribution in [1.29, 1.82) is 0 Å². The first-order chi connectivity index (χ1) is 12.6. The highest BCUT2D eigenvalue weighted by Gasteiger charge is 2.29. The van der Waals surface area contributed by atoms with Crippen LogP contribution in [-0.4, -0.2) is 82.1 Å². The number of carbonyl (C=O) groups is 5. The number of thiol groups is 2. The Morgan fingerprint density at radius 2 is 1.26 bits per heavy atom. The van der Waals surface area contributed by atoms with Crippen LogP contribution < -0.4 is 27.4 Å². The molecule has 0 aliphatic heterocycles. The van der Waals surface area contributed by atoms with Crippen molar-refractivity contribution >= 4 is 54.9 Å². The number of nitrogens with one attached hydrogen (secondary N) is 3. The van der Waals surface area contributed by atoms with Crippen molar-refractivity contribution in [2.24, 2.45) is 11.5 Å². The highest BCUT2D eigenvalue weighted by molar-refractivity contribution is 7.80. The summed E-state index contributed by atoms with van der Waals surface area (Å²) in [6.45, 7) is -0.634. The van der Waals surface area contributed by atoms with Gasteiger partial charge in [0, 0.05) is 11.5 Å². The molecule has 4 unspecified atom stereocenters. The molecule has 0 radical (unpaired) electrons. The lowest BCUT2D eigenvalue weighted by Gasteiger charge is -2.23. The van der Waals surface area contributed by atoms with Crippen LogP contribution in [0.5, 0.6) is 0 Å². The second-order valence-electron chi connectivity index (χ2n) is 5.35. The number of carboxylic acid groups (broad SMARTS) is 1. The molecular formula is C13H23N5O7S2. The summed E-state index contributed by atoms with van der Waals surface area (Å²) in [4.78, 5) is 57.9. The summed E-state index contributed by atoms with van der Waals surface area (Å²) in [5.74, 6) is -5.29. The normalized spacial score (nSPS) is 15.0. The molecule has 27 heavy (non-hydrogen) atoms. The number of rotatable bonds is 12. The molecule has 154 valence electrons. The lowest BCUT2D eigenvalue weighted by Crippen LogP contribution is -2.58. The fourth-order valence-corrected chi connectivity index (χ4v) is 2.21. The van der Waals surface area contributed by atoms with Crippen LogP contribution in [-0.2, 0) is 24.0 Å². The summed E-state index contributed by atoms with van der Waals surface area (Å²) in [7, 11) is 0. The first-order valence-electron chi connectivity index (χ1n) is 7.57. The molecular weight excluding hydrogens is 402 g/mol. The number of aliphatic carboxylic acids is 1. The SMILES string of the molecule is NC(=O)CC(NC(=O)C(CS)NC(=O)C(CS)NC(=O)C(N)CO)C(=O)O. The summed E-state index contributed by atoms with van der Waals surface area (Å²) in [5.41, 5.74) is 10.3. The predicted molar refractivity (Wildman–Crippen MR) is 100 cm³/mol. The van der Waals surface area contributed by atoms with Gasteiger partial charge in [-0.1, -0.05) is 0 Å². The average molecular weight is 425 g/mol. The number of hydrogen-bond donors (Lipinski definition) is 9.